The number of carbonyl (C=O) groups is 1. The van der Waals surface area contributed by atoms with Crippen LogP contribution in [-0.4, -0.2) is 16.5 Å². The summed E-state index contributed by atoms with van der Waals surface area (Å²) in [7, 11) is 0. The van der Waals surface area contributed by atoms with Crippen LogP contribution in [0.15, 0.2) is 58.4 Å². The fraction of sp³-hybridized carbons (Fsp3) is 0.190. The van der Waals surface area contributed by atoms with Crippen LogP contribution in [0.25, 0.3) is 6.08 Å². The molecule has 4 nitrogen and oxygen atoms in total. The molecule has 0 saturated carbocycles. The molecule has 0 aliphatic carbocycles. The van der Waals surface area contributed by atoms with Crippen molar-refractivity contribution in [2.24, 2.45) is 0 Å². The normalized spacial score (nSPS) is 17.8. The number of halogens is 1. The van der Waals surface area contributed by atoms with Gasteiger partial charge in [0.1, 0.15) is 5.75 Å². The van der Waals surface area contributed by atoms with Gasteiger partial charge in [0.2, 0.25) is 0 Å². The van der Waals surface area contributed by atoms with E-state index in [9.17, 15) is 9.90 Å². The van der Waals surface area contributed by atoms with Gasteiger partial charge in [0.15, 0.2) is 5.50 Å². The minimum Gasteiger partial charge on any atom is -0.506 e. The van der Waals surface area contributed by atoms with Gasteiger partial charge in [0, 0.05) is 5.69 Å². The molecule has 27 heavy (non-hydrogen) atoms. The van der Waals surface area contributed by atoms with Gasteiger partial charge in [-0.15, -0.1) is 6.58 Å². The number of amides is 1. The Morgan fingerprint density at radius 3 is 2.74 bits per heavy atom. The zero-order valence-electron chi connectivity index (χ0n) is 15.0. The molecule has 2 aromatic rings. The van der Waals surface area contributed by atoms with Crippen molar-refractivity contribution in [2.75, 3.05) is 5.32 Å². The number of phenols is 1. The van der Waals surface area contributed by atoms with Crippen molar-refractivity contribution in [1.29, 1.82) is 0 Å². The minimum atomic E-state index is -0.218. The van der Waals surface area contributed by atoms with Gasteiger partial charge in [-0.3, -0.25) is 4.79 Å². The van der Waals surface area contributed by atoms with Crippen molar-refractivity contribution in [2.45, 2.75) is 25.3 Å². The Kier molecular flexibility index (Phi) is 6.29. The molecule has 1 saturated heterocycles. The van der Waals surface area contributed by atoms with Crippen molar-refractivity contribution in [3.05, 3.63) is 75.1 Å². The largest absolute Gasteiger partial charge is 0.506 e. The van der Waals surface area contributed by atoms with E-state index in [0.717, 1.165) is 23.2 Å². The minimum absolute atomic E-state index is 0.114. The lowest BCUT2D eigenvalue weighted by Crippen LogP contribution is -2.30. The lowest BCUT2D eigenvalue weighted by Gasteiger charge is -2.12. The third-order valence-electron chi connectivity index (χ3n) is 4.22. The smallest absolute Gasteiger partial charge is 0.260 e. The first-order valence-electron chi connectivity index (χ1n) is 8.67. The highest BCUT2D eigenvalue weighted by molar-refractivity contribution is 9.10. The van der Waals surface area contributed by atoms with Gasteiger partial charge in [-0.25, -0.2) is 0 Å². The summed E-state index contributed by atoms with van der Waals surface area (Å²) in [6.07, 6.45) is 5.12. The monoisotopic (exact) mass is 444 g/mol. The molecule has 1 aliphatic heterocycles. The molecule has 3 N–H and O–H groups in total. The van der Waals surface area contributed by atoms with Crippen LogP contribution < -0.4 is 10.6 Å². The van der Waals surface area contributed by atoms with E-state index in [-0.39, 0.29) is 17.2 Å². The number of benzene rings is 2. The molecule has 3 rings (SSSR count). The molecular weight excluding hydrogens is 424 g/mol. The van der Waals surface area contributed by atoms with Crippen LogP contribution in [0.2, 0.25) is 0 Å². The summed E-state index contributed by atoms with van der Waals surface area (Å²) in [4.78, 5) is 12.9. The summed E-state index contributed by atoms with van der Waals surface area (Å²) in [5.41, 5.74) is 3.64. The maximum atomic E-state index is 12.3. The number of carbonyl (C=O) groups excluding carboxylic acids is 1. The Morgan fingerprint density at radius 1 is 1.33 bits per heavy atom. The number of aryl methyl sites for hydroxylation is 1. The molecule has 1 amide bonds. The number of nitrogens with one attached hydrogen (secondary N) is 2. The van der Waals surface area contributed by atoms with Crippen LogP contribution in [-0.2, 0) is 17.6 Å². The summed E-state index contributed by atoms with van der Waals surface area (Å²) in [6.45, 7) is 5.83. The molecule has 6 heteroatoms. The molecule has 0 aromatic heterocycles. The lowest BCUT2D eigenvalue weighted by molar-refractivity contribution is -0.116. The van der Waals surface area contributed by atoms with E-state index in [1.165, 1.54) is 17.3 Å². The van der Waals surface area contributed by atoms with E-state index in [1.54, 1.807) is 12.1 Å². The lowest BCUT2D eigenvalue weighted by atomic mass is 10.1. The zero-order chi connectivity index (χ0) is 19.4. The summed E-state index contributed by atoms with van der Waals surface area (Å²) in [6, 6.07) is 11.9. The molecule has 0 unspecified atom stereocenters. The maximum Gasteiger partial charge on any atom is 0.260 e. The SMILES string of the molecule is C=CCc1cc(/C=C2\S[C@@H](Nc3ccc(CC)cc3)NC2=O)cc(Br)c1O. The number of phenolic OH excluding ortho intramolecular Hbond substituents is 1. The van der Waals surface area contributed by atoms with Gasteiger partial charge in [-0.2, -0.15) is 0 Å². The molecule has 1 fully saturated rings. The molecule has 1 heterocycles. The van der Waals surface area contributed by atoms with E-state index < -0.39 is 0 Å². The fourth-order valence-electron chi connectivity index (χ4n) is 2.78. The summed E-state index contributed by atoms with van der Waals surface area (Å²) in [5.74, 6) is 0.0905. The van der Waals surface area contributed by atoms with Gasteiger partial charge in [-0.1, -0.05) is 36.9 Å². The van der Waals surface area contributed by atoms with Gasteiger partial charge >= 0.3 is 0 Å². The van der Waals surface area contributed by atoms with Crippen LogP contribution >= 0.6 is 27.7 Å². The number of aromatic hydroxyl groups is 1. The van der Waals surface area contributed by atoms with Crippen LogP contribution in [0, 0.1) is 0 Å². The van der Waals surface area contributed by atoms with Gasteiger partial charge < -0.3 is 15.7 Å². The van der Waals surface area contributed by atoms with Crippen molar-refractivity contribution in [1.82, 2.24) is 5.32 Å². The average Bonchev–Trinajstić information content (AvgIpc) is 2.99. The summed E-state index contributed by atoms with van der Waals surface area (Å²) >= 11 is 4.80. The molecule has 1 atom stereocenters. The van der Waals surface area contributed by atoms with Crippen LogP contribution in [0.1, 0.15) is 23.6 Å². The summed E-state index contributed by atoms with van der Waals surface area (Å²) < 4.78 is 0.600. The van der Waals surface area contributed by atoms with Crippen molar-refractivity contribution in [3.63, 3.8) is 0 Å². The van der Waals surface area contributed by atoms with Crippen molar-refractivity contribution >= 4 is 45.4 Å². The highest BCUT2D eigenvalue weighted by Gasteiger charge is 2.27. The van der Waals surface area contributed by atoms with Crippen LogP contribution in [0.3, 0.4) is 0 Å². The van der Waals surface area contributed by atoms with E-state index in [0.29, 0.717) is 15.8 Å². The first-order chi connectivity index (χ1) is 13.0. The molecule has 1 aliphatic rings. The predicted octanol–water partition coefficient (Wildman–Crippen LogP) is 5.05. The quantitative estimate of drug-likeness (QED) is 0.431. The van der Waals surface area contributed by atoms with Crippen LogP contribution in [0.4, 0.5) is 5.69 Å². The Labute approximate surface area is 171 Å². The number of allylic oxidation sites excluding steroid dienone is 1. The van der Waals surface area contributed by atoms with Gasteiger partial charge in [-0.05, 0) is 75.8 Å². The zero-order valence-corrected chi connectivity index (χ0v) is 17.4. The van der Waals surface area contributed by atoms with Crippen molar-refractivity contribution < 1.29 is 9.90 Å². The summed E-state index contributed by atoms with van der Waals surface area (Å²) in [5, 5.41) is 16.4. The second-order valence-electron chi connectivity index (χ2n) is 6.18. The number of thioether (sulfide) groups is 1. The van der Waals surface area contributed by atoms with E-state index >= 15 is 0 Å². The first kappa shape index (κ1) is 19.6. The highest BCUT2D eigenvalue weighted by atomic mass is 79.9. The Hall–Kier alpha value is -2.18. The Balaban J connectivity index is 1.75. The van der Waals surface area contributed by atoms with E-state index in [2.05, 4.69) is 52.2 Å². The first-order valence-corrected chi connectivity index (χ1v) is 10.3. The second kappa shape index (κ2) is 8.67. The van der Waals surface area contributed by atoms with Gasteiger partial charge in [0.25, 0.3) is 5.91 Å². The molecule has 0 bridgehead atoms. The number of hydrogen-bond acceptors (Lipinski definition) is 4. The fourth-order valence-corrected chi connectivity index (χ4v) is 4.28. The molecule has 140 valence electrons. The highest BCUT2D eigenvalue weighted by Crippen LogP contribution is 2.34. The van der Waals surface area contributed by atoms with E-state index in [1.807, 2.05) is 24.3 Å². The molecule has 2 aromatic carbocycles. The van der Waals surface area contributed by atoms with E-state index in [4.69, 9.17) is 0 Å². The average molecular weight is 445 g/mol. The topological polar surface area (TPSA) is 61.4 Å². The number of anilines is 1. The van der Waals surface area contributed by atoms with Gasteiger partial charge in [0.05, 0.1) is 9.38 Å². The Bertz CT molecular complexity index is 894. The van der Waals surface area contributed by atoms with Crippen LogP contribution in [0.5, 0.6) is 5.75 Å². The molecule has 0 spiro atoms. The predicted molar refractivity (Wildman–Crippen MR) is 117 cm³/mol. The maximum absolute atomic E-state index is 12.3. The van der Waals surface area contributed by atoms with Crippen molar-refractivity contribution in [3.8, 4) is 5.75 Å². The third-order valence-corrected chi connectivity index (χ3v) is 5.85. The second-order valence-corrected chi connectivity index (χ2v) is 8.18. The standard InChI is InChI=1S/C21H21BrN2O2S/c1-3-5-15-10-14(11-17(22)19(15)25)12-18-20(26)24-21(27-18)23-16-8-6-13(4-2)7-9-16/h3,6-12,21,23,25H,1,4-5H2,2H3,(H,24,26)/b18-12-/t21-/m0/s1. The number of hydrogen-bond donors (Lipinski definition) is 3. The number of rotatable bonds is 6. The molecular formula is C21H21BrN2O2S. The Morgan fingerprint density at radius 2 is 2.07 bits per heavy atom. The third kappa shape index (κ3) is 4.76. The molecule has 0 radical (unpaired) electrons.